The molecule has 2 rings (SSSR count). The van der Waals surface area contributed by atoms with Gasteiger partial charge < -0.3 is 10.4 Å². The highest BCUT2D eigenvalue weighted by Crippen LogP contribution is 2.25. The van der Waals surface area contributed by atoms with E-state index in [0.29, 0.717) is 5.75 Å². The average molecular weight is 255 g/mol. The van der Waals surface area contributed by atoms with Gasteiger partial charge in [-0.05, 0) is 61.2 Å². The second-order valence-electron chi connectivity index (χ2n) is 5.00. The topological polar surface area (TPSA) is 32.3 Å². The third-order valence-corrected chi connectivity index (χ3v) is 3.55. The zero-order valence-corrected chi connectivity index (χ0v) is 11.8. The molecule has 19 heavy (non-hydrogen) atoms. The van der Waals surface area contributed by atoms with Crippen LogP contribution in [0, 0.1) is 13.8 Å². The number of hydrogen-bond acceptors (Lipinski definition) is 2. The first-order chi connectivity index (χ1) is 9.10. The highest BCUT2D eigenvalue weighted by molar-refractivity contribution is 5.50. The summed E-state index contributed by atoms with van der Waals surface area (Å²) in [6.07, 6.45) is 0.998. The van der Waals surface area contributed by atoms with Crippen molar-refractivity contribution in [1.29, 1.82) is 0 Å². The Morgan fingerprint density at radius 3 is 2.26 bits per heavy atom. The Labute approximate surface area is 115 Å². The van der Waals surface area contributed by atoms with Gasteiger partial charge in [0.25, 0.3) is 0 Å². The van der Waals surface area contributed by atoms with E-state index in [2.05, 4.69) is 44.3 Å². The summed E-state index contributed by atoms with van der Waals surface area (Å²) in [6, 6.07) is 14.1. The molecule has 2 aromatic rings. The molecule has 0 aliphatic carbocycles. The van der Waals surface area contributed by atoms with Gasteiger partial charge in [0.1, 0.15) is 5.75 Å². The number of aromatic hydroxyl groups is 1. The standard InChI is InChI=1S/C17H21NO/c1-4-17(14-6-9-16(19)10-7-14)18-15-8-5-12(2)13(3)11-15/h5-11,17-19H,4H2,1-3H3. The molecule has 1 atom stereocenters. The van der Waals surface area contributed by atoms with Gasteiger partial charge in [0.15, 0.2) is 0 Å². The average Bonchev–Trinajstić information content (AvgIpc) is 2.41. The van der Waals surface area contributed by atoms with Crippen LogP contribution in [0.5, 0.6) is 5.75 Å². The second kappa shape index (κ2) is 5.79. The summed E-state index contributed by atoms with van der Waals surface area (Å²) >= 11 is 0. The SMILES string of the molecule is CCC(Nc1ccc(C)c(C)c1)c1ccc(O)cc1. The van der Waals surface area contributed by atoms with Gasteiger partial charge in [-0.25, -0.2) is 0 Å². The number of nitrogens with one attached hydrogen (secondary N) is 1. The van der Waals surface area contributed by atoms with Gasteiger partial charge in [-0.15, -0.1) is 0 Å². The third-order valence-electron chi connectivity index (χ3n) is 3.55. The fraction of sp³-hybridized carbons (Fsp3) is 0.294. The first kappa shape index (κ1) is 13.5. The van der Waals surface area contributed by atoms with Gasteiger partial charge in [-0.1, -0.05) is 25.1 Å². The molecule has 2 heteroatoms. The Morgan fingerprint density at radius 2 is 1.68 bits per heavy atom. The zero-order valence-electron chi connectivity index (χ0n) is 11.8. The van der Waals surface area contributed by atoms with Gasteiger partial charge in [0.2, 0.25) is 0 Å². The van der Waals surface area contributed by atoms with Crippen LogP contribution in [0.3, 0.4) is 0 Å². The smallest absolute Gasteiger partial charge is 0.115 e. The molecule has 2 nitrogen and oxygen atoms in total. The molecule has 0 fully saturated rings. The van der Waals surface area contributed by atoms with Crippen LogP contribution in [0.4, 0.5) is 5.69 Å². The highest BCUT2D eigenvalue weighted by Gasteiger charge is 2.09. The molecule has 0 saturated heterocycles. The molecule has 0 aliphatic heterocycles. The zero-order chi connectivity index (χ0) is 13.8. The van der Waals surface area contributed by atoms with Crippen LogP contribution >= 0.6 is 0 Å². The van der Waals surface area contributed by atoms with E-state index in [1.54, 1.807) is 12.1 Å². The molecular weight excluding hydrogens is 234 g/mol. The number of phenolic OH excluding ortho intramolecular Hbond substituents is 1. The predicted molar refractivity (Wildman–Crippen MR) is 80.7 cm³/mol. The van der Waals surface area contributed by atoms with Gasteiger partial charge in [-0.3, -0.25) is 0 Å². The van der Waals surface area contributed by atoms with Crippen molar-refractivity contribution in [2.75, 3.05) is 5.32 Å². The maximum Gasteiger partial charge on any atom is 0.115 e. The number of phenols is 1. The predicted octanol–water partition coefficient (Wildman–Crippen LogP) is 4.57. The van der Waals surface area contributed by atoms with Crippen molar-refractivity contribution < 1.29 is 5.11 Å². The number of hydrogen-bond donors (Lipinski definition) is 2. The summed E-state index contributed by atoms with van der Waals surface area (Å²) in [5.41, 5.74) is 4.94. The monoisotopic (exact) mass is 255 g/mol. The van der Waals surface area contributed by atoms with Crippen LogP contribution in [-0.2, 0) is 0 Å². The molecule has 0 aliphatic rings. The van der Waals surface area contributed by atoms with Crippen molar-refractivity contribution in [2.45, 2.75) is 33.2 Å². The summed E-state index contributed by atoms with van der Waals surface area (Å²) in [5.74, 6) is 0.310. The van der Waals surface area contributed by atoms with Gasteiger partial charge >= 0.3 is 0 Å². The Bertz CT molecular complexity index is 546. The van der Waals surface area contributed by atoms with Crippen molar-refractivity contribution in [3.63, 3.8) is 0 Å². The van der Waals surface area contributed by atoms with E-state index in [1.807, 2.05) is 12.1 Å². The Balaban J connectivity index is 2.18. The highest BCUT2D eigenvalue weighted by atomic mass is 16.3. The molecular formula is C17H21NO. The molecule has 1 unspecified atom stereocenters. The molecule has 2 N–H and O–H groups in total. The molecule has 100 valence electrons. The molecule has 0 spiro atoms. The minimum Gasteiger partial charge on any atom is -0.508 e. The van der Waals surface area contributed by atoms with Crippen LogP contribution < -0.4 is 5.32 Å². The lowest BCUT2D eigenvalue weighted by molar-refractivity contribution is 0.475. The number of anilines is 1. The third kappa shape index (κ3) is 3.28. The lowest BCUT2D eigenvalue weighted by Gasteiger charge is -2.19. The fourth-order valence-corrected chi connectivity index (χ4v) is 2.16. The maximum absolute atomic E-state index is 9.35. The minimum absolute atomic E-state index is 0.266. The van der Waals surface area contributed by atoms with Crippen molar-refractivity contribution in [3.8, 4) is 5.75 Å². The molecule has 0 aromatic heterocycles. The van der Waals surface area contributed by atoms with Crippen molar-refractivity contribution in [1.82, 2.24) is 0 Å². The van der Waals surface area contributed by atoms with E-state index in [1.165, 1.54) is 16.7 Å². The van der Waals surface area contributed by atoms with Crippen molar-refractivity contribution in [2.24, 2.45) is 0 Å². The molecule has 0 radical (unpaired) electrons. The van der Waals surface area contributed by atoms with E-state index in [9.17, 15) is 5.11 Å². The van der Waals surface area contributed by atoms with Crippen LogP contribution in [0.1, 0.15) is 36.1 Å². The maximum atomic E-state index is 9.35. The normalized spacial score (nSPS) is 12.2. The van der Waals surface area contributed by atoms with Gasteiger partial charge in [0, 0.05) is 5.69 Å². The number of benzene rings is 2. The van der Waals surface area contributed by atoms with Crippen LogP contribution in [0.15, 0.2) is 42.5 Å². The minimum atomic E-state index is 0.266. The Hall–Kier alpha value is -1.96. The summed E-state index contributed by atoms with van der Waals surface area (Å²) in [7, 11) is 0. The van der Waals surface area contributed by atoms with E-state index in [4.69, 9.17) is 0 Å². The first-order valence-corrected chi connectivity index (χ1v) is 6.73. The van der Waals surface area contributed by atoms with Crippen molar-refractivity contribution in [3.05, 3.63) is 59.2 Å². The quantitative estimate of drug-likeness (QED) is 0.838. The Kier molecular flexibility index (Phi) is 4.10. The largest absolute Gasteiger partial charge is 0.508 e. The van der Waals surface area contributed by atoms with Crippen LogP contribution in [-0.4, -0.2) is 5.11 Å². The summed E-state index contributed by atoms with van der Waals surface area (Å²) < 4.78 is 0. The van der Waals surface area contributed by atoms with Crippen LogP contribution in [0.2, 0.25) is 0 Å². The van der Waals surface area contributed by atoms with Gasteiger partial charge in [-0.2, -0.15) is 0 Å². The number of aryl methyl sites for hydroxylation is 2. The van der Waals surface area contributed by atoms with Crippen LogP contribution in [0.25, 0.3) is 0 Å². The second-order valence-corrected chi connectivity index (χ2v) is 5.00. The Morgan fingerprint density at radius 1 is 1.00 bits per heavy atom. The van der Waals surface area contributed by atoms with E-state index in [-0.39, 0.29) is 6.04 Å². The molecule has 2 aromatic carbocycles. The lowest BCUT2D eigenvalue weighted by atomic mass is 10.0. The lowest BCUT2D eigenvalue weighted by Crippen LogP contribution is -2.09. The summed E-state index contributed by atoms with van der Waals surface area (Å²) in [4.78, 5) is 0. The molecule has 0 amide bonds. The van der Waals surface area contributed by atoms with E-state index < -0.39 is 0 Å². The van der Waals surface area contributed by atoms with Crippen molar-refractivity contribution >= 4 is 5.69 Å². The molecule has 0 heterocycles. The number of rotatable bonds is 4. The van der Waals surface area contributed by atoms with Gasteiger partial charge in [0.05, 0.1) is 6.04 Å². The fourth-order valence-electron chi connectivity index (χ4n) is 2.16. The van der Waals surface area contributed by atoms with E-state index in [0.717, 1.165) is 12.1 Å². The molecule has 0 bridgehead atoms. The first-order valence-electron chi connectivity index (χ1n) is 6.73. The summed E-state index contributed by atoms with van der Waals surface area (Å²) in [5, 5.41) is 12.9. The summed E-state index contributed by atoms with van der Waals surface area (Å²) in [6.45, 7) is 6.41. The molecule has 0 saturated carbocycles. The van der Waals surface area contributed by atoms with E-state index >= 15 is 0 Å².